The standard InChI is InChI=1S/C15H23F2N3O.HI/c1-4-18-15(20-11(2)10-21-3)19-8-7-12-9-13(16)5-6-14(12)17;/h5-6,9,11H,4,7-8,10H2,1-3H3,(H2,18,19,20);1H. The average Bonchev–Trinajstić information content (AvgIpc) is 2.43. The maximum atomic E-state index is 13.5. The maximum absolute atomic E-state index is 13.5. The van der Waals surface area contributed by atoms with Crippen LogP contribution in [0.25, 0.3) is 0 Å². The molecule has 0 saturated carbocycles. The van der Waals surface area contributed by atoms with Gasteiger partial charge in [-0.2, -0.15) is 0 Å². The molecule has 1 aromatic rings. The molecule has 7 heteroatoms. The van der Waals surface area contributed by atoms with Crippen molar-refractivity contribution in [2.45, 2.75) is 26.3 Å². The van der Waals surface area contributed by atoms with Crippen molar-refractivity contribution in [3.05, 3.63) is 35.4 Å². The third kappa shape index (κ3) is 7.88. The summed E-state index contributed by atoms with van der Waals surface area (Å²) in [5, 5.41) is 6.28. The molecule has 0 bridgehead atoms. The summed E-state index contributed by atoms with van der Waals surface area (Å²) in [5.41, 5.74) is 0.333. The Balaban J connectivity index is 0.00000441. The highest BCUT2D eigenvalue weighted by atomic mass is 127. The molecule has 1 atom stereocenters. The van der Waals surface area contributed by atoms with Crippen LogP contribution in [-0.4, -0.2) is 38.8 Å². The second-order valence-electron chi connectivity index (χ2n) is 4.75. The van der Waals surface area contributed by atoms with Gasteiger partial charge in [-0.05, 0) is 44.0 Å². The minimum absolute atomic E-state index is 0. The first-order chi connectivity index (χ1) is 10.1. The maximum Gasteiger partial charge on any atom is 0.191 e. The first-order valence-corrected chi connectivity index (χ1v) is 7.04. The zero-order chi connectivity index (χ0) is 15.7. The molecule has 2 N–H and O–H groups in total. The lowest BCUT2D eigenvalue weighted by Gasteiger charge is -2.17. The molecule has 0 radical (unpaired) electrons. The van der Waals surface area contributed by atoms with Gasteiger partial charge in [0.1, 0.15) is 11.6 Å². The summed E-state index contributed by atoms with van der Waals surface area (Å²) in [6, 6.07) is 3.57. The van der Waals surface area contributed by atoms with Crippen molar-refractivity contribution in [1.29, 1.82) is 0 Å². The predicted molar refractivity (Wildman–Crippen MR) is 95.9 cm³/mol. The molecule has 1 rings (SSSR count). The fourth-order valence-corrected chi connectivity index (χ4v) is 1.87. The van der Waals surface area contributed by atoms with Gasteiger partial charge in [0.15, 0.2) is 5.96 Å². The van der Waals surface area contributed by atoms with E-state index in [0.29, 0.717) is 31.1 Å². The van der Waals surface area contributed by atoms with Crippen LogP contribution in [0.4, 0.5) is 8.78 Å². The van der Waals surface area contributed by atoms with E-state index in [9.17, 15) is 8.78 Å². The normalized spacial score (nSPS) is 12.5. The van der Waals surface area contributed by atoms with Gasteiger partial charge in [0.2, 0.25) is 0 Å². The van der Waals surface area contributed by atoms with Crippen LogP contribution in [0.3, 0.4) is 0 Å². The SMILES string of the molecule is CCNC(=NCCc1cc(F)ccc1F)NC(C)COC.I. The molecule has 1 unspecified atom stereocenters. The second kappa shape index (κ2) is 11.6. The number of hydrogen-bond acceptors (Lipinski definition) is 2. The Labute approximate surface area is 147 Å². The number of hydrogen-bond donors (Lipinski definition) is 2. The van der Waals surface area contributed by atoms with Gasteiger partial charge in [-0.1, -0.05) is 0 Å². The number of benzene rings is 1. The highest BCUT2D eigenvalue weighted by molar-refractivity contribution is 14.0. The first-order valence-electron chi connectivity index (χ1n) is 7.04. The Kier molecular flexibility index (Phi) is 11.1. The molecule has 0 spiro atoms. The summed E-state index contributed by atoms with van der Waals surface area (Å²) in [7, 11) is 1.63. The molecule has 0 heterocycles. The quantitative estimate of drug-likeness (QED) is 0.400. The molecule has 0 aliphatic heterocycles. The predicted octanol–water partition coefficient (Wildman–Crippen LogP) is 2.72. The van der Waals surface area contributed by atoms with Gasteiger partial charge in [0.25, 0.3) is 0 Å². The number of nitrogens with one attached hydrogen (secondary N) is 2. The highest BCUT2D eigenvalue weighted by Gasteiger charge is 2.06. The number of rotatable bonds is 7. The summed E-state index contributed by atoms with van der Waals surface area (Å²) in [6.07, 6.45) is 0.346. The summed E-state index contributed by atoms with van der Waals surface area (Å²) in [6.45, 7) is 5.59. The van der Waals surface area contributed by atoms with E-state index >= 15 is 0 Å². The minimum atomic E-state index is -0.436. The van der Waals surface area contributed by atoms with Crippen LogP contribution in [-0.2, 0) is 11.2 Å². The van der Waals surface area contributed by atoms with Crippen LogP contribution in [0.5, 0.6) is 0 Å². The van der Waals surface area contributed by atoms with E-state index in [4.69, 9.17) is 4.74 Å². The van der Waals surface area contributed by atoms with Crippen LogP contribution in [0, 0.1) is 11.6 Å². The second-order valence-corrected chi connectivity index (χ2v) is 4.75. The van der Waals surface area contributed by atoms with Crippen molar-refractivity contribution >= 4 is 29.9 Å². The molecule has 0 amide bonds. The van der Waals surface area contributed by atoms with E-state index in [2.05, 4.69) is 15.6 Å². The van der Waals surface area contributed by atoms with Gasteiger partial charge >= 0.3 is 0 Å². The van der Waals surface area contributed by atoms with Crippen LogP contribution in [0.1, 0.15) is 19.4 Å². The first kappa shape index (κ1) is 21.0. The molecule has 0 aliphatic rings. The molecule has 0 aromatic heterocycles. The third-order valence-electron chi connectivity index (χ3n) is 2.80. The van der Waals surface area contributed by atoms with Crippen LogP contribution < -0.4 is 10.6 Å². The third-order valence-corrected chi connectivity index (χ3v) is 2.80. The van der Waals surface area contributed by atoms with Crippen LogP contribution in [0.15, 0.2) is 23.2 Å². The smallest absolute Gasteiger partial charge is 0.191 e. The Bertz CT molecular complexity index is 472. The Morgan fingerprint density at radius 3 is 2.73 bits per heavy atom. The summed E-state index contributed by atoms with van der Waals surface area (Å²) in [4.78, 5) is 4.35. The Hall–Kier alpha value is -0.960. The lowest BCUT2D eigenvalue weighted by Crippen LogP contribution is -2.44. The fraction of sp³-hybridized carbons (Fsp3) is 0.533. The molecule has 4 nitrogen and oxygen atoms in total. The van der Waals surface area contributed by atoms with Crippen LogP contribution >= 0.6 is 24.0 Å². The molecule has 1 aromatic carbocycles. The molecule has 22 heavy (non-hydrogen) atoms. The largest absolute Gasteiger partial charge is 0.383 e. The number of aliphatic imine (C=N–C) groups is 1. The van der Waals surface area contributed by atoms with Gasteiger partial charge < -0.3 is 15.4 Å². The summed E-state index contributed by atoms with van der Waals surface area (Å²) >= 11 is 0. The van der Waals surface area contributed by atoms with E-state index in [0.717, 1.165) is 18.7 Å². The lowest BCUT2D eigenvalue weighted by molar-refractivity contribution is 0.179. The topological polar surface area (TPSA) is 45.7 Å². The van der Waals surface area contributed by atoms with E-state index in [1.807, 2.05) is 13.8 Å². The number of ether oxygens (including phenoxy) is 1. The molecular weight excluding hydrogens is 403 g/mol. The molecule has 126 valence electrons. The van der Waals surface area contributed by atoms with Crippen molar-refractivity contribution in [1.82, 2.24) is 10.6 Å². The average molecular weight is 427 g/mol. The zero-order valence-electron chi connectivity index (χ0n) is 13.2. The monoisotopic (exact) mass is 427 g/mol. The van der Waals surface area contributed by atoms with Crippen molar-refractivity contribution < 1.29 is 13.5 Å². The van der Waals surface area contributed by atoms with Crippen molar-refractivity contribution in [2.75, 3.05) is 26.8 Å². The zero-order valence-corrected chi connectivity index (χ0v) is 15.5. The van der Waals surface area contributed by atoms with E-state index in [1.165, 1.54) is 6.07 Å². The number of nitrogens with zero attached hydrogens (tertiary/aromatic N) is 1. The molecular formula is C15H24F2IN3O. The van der Waals surface area contributed by atoms with E-state index < -0.39 is 11.6 Å². The van der Waals surface area contributed by atoms with Crippen molar-refractivity contribution in [3.8, 4) is 0 Å². The van der Waals surface area contributed by atoms with Gasteiger partial charge in [-0.15, -0.1) is 24.0 Å². The van der Waals surface area contributed by atoms with Gasteiger partial charge in [-0.3, -0.25) is 4.99 Å². The van der Waals surface area contributed by atoms with E-state index in [-0.39, 0.29) is 30.0 Å². The fourth-order valence-electron chi connectivity index (χ4n) is 1.87. The van der Waals surface area contributed by atoms with Crippen molar-refractivity contribution in [2.24, 2.45) is 4.99 Å². The van der Waals surface area contributed by atoms with E-state index in [1.54, 1.807) is 7.11 Å². The van der Waals surface area contributed by atoms with Gasteiger partial charge in [-0.25, -0.2) is 8.78 Å². The summed E-state index contributed by atoms with van der Waals surface area (Å²) in [5.74, 6) is -0.203. The number of guanidine groups is 1. The van der Waals surface area contributed by atoms with Gasteiger partial charge in [0, 0.05) is 26.2 Å². The van der Waals surface area contributed by atoms with Crippen LogP contribution in [0.2, 0.25) is 0 Å². The number of halogens is 3. The Morgan fingerprint density at radius 2 is 2.09 bits per heavy atom. The molecule has 0 saturated heterocycles. The van der Waals surface area contributed by atoms with Crippen molar-refractivity contribution in [3.63, 3.8) is 0 Å². The Morgan fingerprint density at radius 1 is 1.36 bits per heavy atom. The van der Waals surface area contributed by atoms with Gasteiger partial charge in [0.05, 0.1) is 6.61 Å². The lowest BCUT2D eigenvalue weighted by atomic mass is 10.1. The molecule has 0 aliphatic carbocycles. The summed E-state index contributed by atoms with van der Waals surface area (Å²) < 4.78 is 31.6. The minimum Gasteiger partial charge on any atom is -0.383 e. The number of methoxy groups -OCH3 is 1. The molecule has 0 fully saturated rings. The highest BCUT2D eigenvalue weighted by Crippen LogP contribution is 2.10.